The third kappa shape index (κ3) is 4.09. The molecule has 3 aromatic rings. The van der Waals surface area contributed by atoms with Gasteiger partial charge in [-0.25, -0.2) is 4.79 Å². The minimum absolute atomic E-state index is 0.0401. The molecule has 11 nitrogen and oxygen atoms in total. The fraction of sp³-hybridized carbons (Fsp3) is 0.0588. The molecule has 0 bridgehead atoms. The van der Waals surface area contributed by atoms with Gasteiger partial charge in [0.05, 0.1) is 10.4 Å². The van der Waals surface area contributed by atoms with Crippen LogP contribution in [0, 0.1) is 10.1 Å². The van der Waals surface area contributed by atoms with Crippen molar-refractivity contribution >= 4 is 34.4 Å². The standard InChI is InChI=1S/C17H13N5O6/c23-14(19-21-16(24)10-5-7-11(8-6-10)22(26)27)9-28-17(25)15-12-3-1-2-4-13(12)18-20-15/h1-8H,9H2,(H,18,20)(H,19,23)(H,21,24). The lowest BCUT2D eigenvalue weighted by molar-refractivity contribution is -0.384. The quantitative estimate of drug-likeness (QED) is 0.338. The summed E-state index contributed by atoms with van der Waals surface area (Å²) in [6.07, 6.45) is 0. The molecule has 0 radical (unpaired) electrons. The molecular formula is C17H13N5O6. The molecule has 2 amide bonds. The van der Waals surface area contributed by atoms with Crippen LogP contribution in [-0.4, -0.2) is 39.5 Å². The van der Waals surface area contributed by atoms with Crippen molar-refractivity contribution in [3.63, 3.8) is 0 Å². The smallest absolute Gasteiger partial charge is 0.359 e. The summed E-state index contributed by atoms with van der Waals surface area (Å²) in [4.78, 5) is 45.7. The molecule has 0 saturated carbocycles. The number of carbonyl (C=O) groups excluding carboxylic acids is 3. The van der Waals surface area contributed by atoms with Gasteiger partial charge in [0.2, 0.25) is 0 Å². The van der Waals surface area contributed by atoms with E-state index >= 15 is 0 Å². The van der Waals surface area contributed by atoms with E-state index in [2.05, 4.69) is 21.0 Å². The van der Waals surface area contributed by atoms with Crippen molar-refractivity contribution in [2.24, 2.45) is 0 Å². The van der Waals surface area contributed by atoms with Gasteiger partial charge in [-0.3, -0.25) is 35.7 Å². The van der Waals surface area contributed by atoms with Crippen LogP contribution in [-0.2, 0) is 9.53 Å². The predicted octanol–water partition coefficient (Wildman–Crippen LogP) is 1.09. The van der Waals surface area contributed by atoms with E-state index in [1.807, 2.05) is 0 Å². The average Bonchev–Trinajstić information content (AvgIpc) is 3.14. The summed E-state index contributed by atoms with van der Waals surface area (Å²) in [6.45, 7) is -0.638. The Hall–Kier alpha value is -4.28. The second-order valence-corrected chi connectivity index (χ2v) is 5.50. The van der Waals surface area contributed by atoms with Crippen LogP contribution in [0.25, 0.3) is 10.9 Å². The number of H-pyrrole nitrogens is 1. The highest BCUT2D eigenvalue weighted by atomic mass is 16.6. The van der Waals surface area contributed by atoms with Gasteiger partial charge in [-0.1, -0.05) is 18.2 Å². The van der Waals surface area contributed by atoms with Gasteiger partial charge < -0.3 is 4.74 Å². The molecule has 1 heterocycles. The maximum absolute atomic E-state index is 12.0. The number of hydrogen-bond acceptors (Lipinski definition) is 7. The second kappa shape index (κ2) is 7.95. The molecule has 3 rings (SSSR count). The van der Waals surface area contributed by atoms with Crippen molar-refractivity contribution in [3.05, 3.63) is 69.9 Å². The molecule has 0 saturated heterocycles. The molecule has 0 fully saturated rings. The number of nitrogens with one attached hydrogen (secondary N) is 3. The zero-order valence-corrected chi connectivity index (χ0v) is 14.2. The van der Waals surface area contributed by atoms with E-state index in [1.54, 1.807) is 24.3 Å². The molecule has 0 aliphatic heterocycles. The molecule has 28 heavy (non-hydrogen) atoms. The Kier molecular flexibility index (Phi) is 5.25. The monoisotopic (exact) mass is 383 g/mol. The van der Waals surface area contributed by atoms with Gasteiger partial charge in [-0.2, -0.15) is 5.10 Å². The first-order valence-electron chi connectivity index (χ1n) is 7.89. The largest absolute Gasteiger partial charge is 0.451 e. The van der Waals surface area contributed by atoms with Crippen molar-refractivity contribution in [3.8, 4) is 0 Å². The normalized spacial score (nSPS) is 10.3. The molecular weight excluding hydrogens is 370 g/mol. The Balaban J connectivity index is 1.49. The first-order chi connectivity index (χ1) is 13.5. The summed E-state index contributed by atoms with van der Waals surface area (Å²) in [6, 6.07) is 11.7. The van der Waals surface area contributed by atoms with Gasteiger partial charge in [0.15, 0.2) is 12.3 Å². The number of amides is 2. The topological polar surface area (TPSA) is 156 Å². The first kappa shape index (κ1) is 18.5. The third-order valence-electron chi connectivity index (χ3n) is 3.65. The molecule has 0 atom stereocenters. The molecule has 0 unspecified atom stereocenters. The van der Waals surface area contributed by atoms with E-state index in [1.165, 1.54) is 12.1 Å². The zero-order chi connectivity index (χ0) is 20.1. The van der Waals surface area contributed by atoms with Crippen molar-refractivity contribution in [2.45, 2.75) is 0 Å². The number of hydrazine groups is 1. The molecule has 142 valence electrons. The zero-order valence-electron chi connectivity index (χ0n) is 14.2. The van der Waals surface area contributed by atoms with E-state index in [0.717, 1.165) is 12.1 Å². The van der Waals surface area contributed by atoms with E-state index in [0.29, 0.717) is 10.9 Å². The number of hydrogen-bond donors (Lipinski definition) is 3. The fourth-order valence-electron chi connectivity index (χ4n) is 2.29. The number of nitrogens with zero attached hydrogens (tertiary/aromatic N) is 2. The summed E-state index contributed by atoms with van der Waals surface area (Å²) < 4.78 is 4.88. The predicted molar refractivity (Wildman–Crippen MR) is 95.1 cm³/mol. The van der Waals surface area contributed by atoms with Gasteiger partial charge >= 0.3 is 5.97 Å². The van der Waals surface area contributed by atoms with Gasteiger partial charge in [0, 0.05) is 23.1 Å². The molecule has 0 spiro atoms. The van der Waals surface area contributed by atoms with Crippen molar-refractivity contribution in [1.29, 1.82) is 0 Å². The van der Waals surface area contributed by atoms with Crippen LogP contribution in [0.3, 0.4) is 0 Å². The van der Waals surface area contributed by atoms with Gasteiger partial charge in [0.1, 0.15) is 0 Å². The molecule has 3 N–H and O–H groups in total. The van der Waals surface area contributed by atoms with E-state index in [9.17, 15) is 24.5 Å². The Morgan fingerprint density at radius 3 is 2.50 bits per heavy atom. The number of esters is 1. The Labute approximate surface area is 156 Å². The molecule has 0 aliphatic rings. The lowest BCUT2D eigenvalue weighted by Gasteiger charge is -2.07. The molecule has 11 heteroatoms. The average molecular weight is 383 g/mol. The van der Waals surface area contributed by atoms with Gasteiger partial charge in [0.25, 0.3) is 17.5 Å². The highest BCUT2D eigenvalue weighted by molar-refractivity contribution is 6.02. The lowest BCUT2D eigenvalue weighted by Crippen LogP contribution is -2.43. The van der Waals surface area contributed by atoms with Gasteiger partial charge in [-0.05, 0) is 18.2 Å². The number of benzene rings is 2. The van der Waals surface area contributed by atoms with Crippen LogP contribution < -0.4 is 10.9 Å². The first-order valence-corrected chi connectivity index (χ1v) is 7.89. The Bertz CT molecular complexity index is 1060. The maximum Gasteiger partial charge on any atom is 0.359 e. The minimum Gasteiger partial charge on any atom is -0.451 e. The van der Waals surface area contributed by atoms with Crippen LogP contribution in [0.1, 0.15) is 20.8 Å². The van der Waals surface area contributed by atoms with Crippen LogP contribution in [0.15, 0.2) is 48.5 Å². The maximum atomic E-state index is 12.0. The second-order valence-electron chi connectivity index (χ2n) is 5.50. The molecule has 0 aliphatic carbocycles. The number of nitro benzene ring substituents is 1. The van der Waals surface area contributed by atoms with Crippen molar-refractivity contribution < 1.29 is 24.0 Å². The number of nitro groups is 1. The lowest BCUT2D eigenvalue weighted by atomic mass is 10.2. The highest BCUT2D eigenvalue weighted by Gasteiger charge is 2.17. The fourth-order valence-corrected chi connectivity index (χ4v) is 2.29. The van der Waals surface area contributed by atoms with E-state index in [-0.39, 0.29) is 16.9 Å². The van der Waals surface area contributed by atoms with Crippen molar-refractivity contribution in [1.82, 2.24) is 21.0 Å². The molecule has 1 aromatic heterocycles. The molecule has 2 aromatic carbocycles. The summed E-state index contributed by atoms with van der Waals surface area (Å²) >= 11 is 0. The third-order valence-corrected chi connectivity index (χ3v) is 3.65. The Morgan fingerprint density at radius 1 is 1.07 bits per heavy atom. The summed E-state index contributed by atoms with van der Waals surface area (Å²) in [5, 5.41) is 17.7. The number of para-hydroxylation sites is 1. The van der Waals surface area contributed by atoms with E-state index in [4.69, 9.17) is 4.74 Å². The summed E-state index contributed by atoms with van der Waals surface area (Å²) in [5.41, 5.74) is 4.81. The summed E-state index contributed by atoms with van der Waals surface area (Å²) in [5.74, 6) is -2.26. The Morgan fingerprint density at radius 2 is 1.79 bits per heavy atom. The van der Waals surface area contributed by atoms with Crippen LogP contribution in [0.2, 0.25) is 0 Å². The number of rotatable bonds is 5. The number of carbonyl (C=O) groups is 3. The number of fused-ring (bicyclic) bond motifs is 1. The van der Waals surface area contributed by atoms with Crippen molar-refractivity contribution in [2.75, 3.05) is 6.61 Å². The van der Waals surface area contributed by atoms with Gasteiger partial charge in [-0.15, -0.1) is 0 Å². The number of aromatic nitrogens is 2. The van der Waals surface area contributed by atoms with Crippen LogP contribution >= 0.6 is 0 Å². The van der Waals surface area contributed by atoms with Crippen LogP contribution in [0.4, 0.5) is 5.69 Å². The number of ether oxygens (including phenoxy) is 1. The highest BCUT2D eigenvalue weighted by Crippen LogP contribution is 2.15. The summed E-state index contributed by atoms with van der Waals surface area (Å²) in [7, 11) is 0. The minimum atomic E-state index is -0.797. The van der Waals surface area contributed by atoms with E-state index < -0.39 is 29.3 Å². The number of non-ortho nitro benzene ring substituents is 1. The van der Waals surface area contributed by atoms with Crippen LogP contribution in [0.5, 0.6) is 0 Å². The SMILES string of the molecule is O=C(COC(=O)c1n[nH]c2ccccc12)NNC(=O)c1ccc([N+](=O)[O-])cc1. The number of aromatic amines is 1.